The van der Waals surface area contributed by atoms with Crippen LogP contribution < -0.4 is 0 Å². The van der Waals surface area contributed by atoms with E-state index in [2.05, 4.69) is 0 Å². The van der Waals surface area contributed by atoms with Crippen LogP contribution in [0, 0.1) is 11.8 Å². The summed E-state index contributed by atoms with van der Waals surface area (Å²) >= 11 is 0. The smallest absolute Gasteiger partial charge is 0.225 e. The molecular weight excluding hydrogens is 226 g/mol. The molecule has 1 amide bonds. The lowest BCUT2D eigenvalue weighted by Crippen LogP contribution is -2.58. The molecule has 1 heterocycles. The first-order valence-electron chi connectivity index (χ1n) is 5.90. The van der Waals surface area contributed by atoms with Crippen LogP contribution in [0.5, 0.6) is 0 Å². The van der Waals surface area contributed by atoms with Crippen LogP contribution >= 0.6 is 0 Å². The maximum atomic E-state index is 11.8. The summed E-state index contributed by atoms with van der Waals surface area (Å²) < 4.78 is 23.7. The van der Waals surface area contributed by atoms with E-state index < -0.39 is 9.84 Å². The fourth-order valence-electron chi connectivity index (χ4n) is 2.03. The fourth-order valence-corrected chi connectivity index (χ4v) is 4.05. The Morgan fingerprint density at radius 2 is 1.88 bits per heavy atom. The summed E-state index contributed by atoms with van der Waals surface area (Å²) in [7, 11) is -2.99. The molecule has 2 rings (SSSR count). The van der Waals surface area contributed by atoms with Crippen molar-refractivity contribution in [2.45, 2.75) is 31.9 Å². The van der Waals surface area contributed by atoms with Gasteiger partial charge in [-0.15, -0.1) is 0 Å². The standard InChI is InChI=1S/C11H19NO3S/c1-8(2)7-16(14,15)10-5-12(6-10)11(13)9-3-4-9/h8-10H,3-7H2,1-2H3. The first-order chi connectivity index (χ1) is 7.40. The minimum absolute atomic E-state index is 0.163. The molecule has 4 nitrogen and oxygen atoms in total. The number of nitrogens with zero attached hydrogens (tertiary/aromatic N) is 1. The van der Waals surface area contributed by atoms with Crippen molar-refractivity contribution in [3.63, 3.8) is 0 Å². The van der Waals surface area contributed by atoms with Crippen molar-refractivity contribution < 1.29 is 13.2 Å². The second-order valence-corrected chi connectivity index (χ2v) is 7.69. The zero-order valence-electron chi connectivity index (χ0n) is 9.85. The van der Waals surface area contributed by atoms with Gasteiger partial charge in [0.05, 0.1) is 11.0 Å². The first kappa shape index (κ1) is 11.9. The number of hydrogen-bond donors (Lipinski definition) is 0. The molecule has 1 aliphatic carbocycles. The van der Waals surface area contributed by atoms with E-state index in [1.807, 2.05) is 13.8 Å². The number of carbonyl (C=O) groups is 1. The van der Waals surface area contributed by atoms with Gasteiger partial charge in [-0.1, -0.05) is 13.8 Å². The number of likely N-dealkylation sites (tertiary alicyclic amines) is 1. The zero-order chi connectivity index (χ0) is 11.9. The summed E-state index contributed by atoms with van der Waals surface area (Å²) in [5.74, 6) is 0.770. The number of carbonyl (C=O) groups excluding carboxylic acids is 1. The van der Waals surface area contributed by atoms with Gasteiger partial charge in [-0.25, -0.2) is 8.42 Å². The highest BCUT2D eigenvalue weighted by molar-refractivity contribution is 7.92. The number of hydrogen-bond acceptors (Lipinski definition) is 3. The van der Waals surface area contributed by atoms with E-state index in [1.165, 1.54) is 0 Å². The normalized spacial score (nSPS) is 22.3. The van der Waals surface area contributed by atoms with Crippen LogP contribution in [0.2, 0.25) is 0 Å². The molecule has 1 aliphatic heterocycles. The molecule has 0 aromatic heterocycles. The van der Waals surface area contributed by atoms with E-state index in [-0.39, 0.29) is 28.7 Å². The highest BCUT2D eigenvalue weighted by Gasteiger charge is 2.43. The largest absolute Gasteiger partial charge is 0.340 e. The third-order valence-corrected chi connectivity index (χ3v) is 5.60. The molecule has 0 N–H and O–H groups in total. The Kier molecular flexibility index (Phi) is 2.99. The third kappa shape index (κ3) is 2.39. The summed E-state index contributed by atoms with van der Waals surface area (Å²) in [5.41, 5.74) is 0. The quantitative estimate of drug-likeness (QED) is 0.732. The molecule has 2 fully saturated rings. The Morgan fingerprint density at radius 3 is 2.31 bits per heavy atom. The molecule has 0 spiro atoms. The average Bonchev–Trinajstić information content (AvgIpc) is 2.77. The van der Waals surface area contributed by atoms with Crippen molar-refractivity contribution in [3.8, 4) is 0 Å². The van der Waals surface area contributed by atoms with E-state index in [0.29, 0.717) is 13.1 Å². The van der Waals surface area contributed by atoms with E-state index in [0.717, 1.165) is 12.8 Å². The average molecular weight is 245 g/mol. The Balaban J connectivity index is 1.85. The van der Waals surface area contributed by atoms with Gasteiger partial charge in [-0.3, -0.25) is 4.79 Å². The molecule has 1 saturated heterocycles. The van der Waals surface area contributed by atoms with Crippen molar-refractivity contribution in [1.29, 1.82) is 0 Å². The van der Waals surface area contributed by atoms with Gasteiger partial charge in [-0.2, -0.15) is 0 Å². The maximum absolute atomic E-state index is 11.8. The van der Waals surface area contributed by atoms with Gasteiger partial charge in [0.2, 0.25) is 5.91 Å². The van der Waals surface area contributed by atoms with Crippen LogP contribution in [-0.2, 0) is 14.6 Å². The molecule has 0 unspecified atom stereocenters. The molecule has 0 atom stereocenters. The van der Waals surface area contributed by atoms with Crippen LogP contribution in [0.25, 0.3) is 0 Å². The monoisotopic (exact) mass is 245 g/mol. The van der Waals surface area contributed by atoms with Crippen molar-refractivity contribution in [2.75, 3.05) is 18.8 Å². The molecule has 0 bridgehead atoms. The summed E-state index contributed by atoms with van der Waals surface area (Å²) in [6.07, 6.45) is 1.97. The van der Waals surface area contributed by atoms with Gasteiger partial charge in [0.25, 0.3) is 0 Å². The van der Waals surface area contributed by atoms with Crippen LogP contribution in [0.15, 0.2) is 0 Å². The van der Waals surface area contributed by atoms with Gasteiger partial charge in [0, 0.05) is 19.0 Å². The summed E-state index contributed by atoms with van der Waals surface area (Å²) in [6.45, 7) is 4.65. The van der Waals surface area contributed by atoms with E-state index in [1.54, 1.807) is 4.90 Å². The topological polar surface area (TPSA) is 54.5 Å². The predicted molar refractivity (Wildman–Crippen MR) is 61.7 cm³/mol. The predicted octanol–water partition coefficient (Wildman–Crippen LogP) is 0.678. The summed E-state index contributed by atoms with van der Waals surface area (Å²) in [4.78, 5) is 13.3. The van der Waals surface area contributed by atoms with Crippen molar-refractivity contribution >= 4 is 15.7 Å². The molecule has 0 aromatic carbocycles. The molecule has 2 aliphatic rings. The highest BCUT2D eigenvalue weighted by atomic mass is 32.2. The van der Waals surface area contributed by atoms with Gasteiger partial charge in [0.15, 0.2) is 9.84 Å². The molecule has 5 heteroatoms. The van der Waals surface area contributed by atoms with Gasteiger partial charge >= 0.3 is 0 Å². The lowest BCUT2D eigenvalue weighted by molar-refractivity contribution is -0.135. The SMILES string of the molecule is CC(C)CS(=O)(=O)C1CN(C(=O)C2CC2)C1. The number of rotatable bonds is 4. The Hall–Kier alpha value is -0.580. The third-order valence-electron chi connectivity index (χ3n) is 3.16. The van der Waals surface area contributed by atoms with Gasteiger partial charge in [-0.05, 0) is 18.8 Å². The van der Waals surface area contributed by atoms with E-state index in [9.17, 15) is 13.2 Å². The van der Waals surface area contributed by atoms with Crippen LogP contribution in [0.1, 0.15) is 26.7 Å². The summed E-state index contributed by atoms with van der Waals surface area (Å²) in [5, 5.41) is -0.308. The minimum Gasteiger partial charge on any atom is -0.340 e. The molecule has 1 saturated carbocycles. The lowest BCUT2D eigenvalue weighted by atomic mass is 10.2. The van der Waals surface area contributed by atoms with Crippen molar-refractivity contribution in [3.05, 3.63) is 0 Å². The molecular formula is C11H19NO3S. The van der Waals surface area contributed by atoms with Crippen LogP contribution in [0.3, 0.4) is 0 Å². The van der Waals surface area contributed by atoms with Crippen molar-refractivity contribution in [1.82, 2.24) is 4.90 Å². The Bertz CT molecular complexity index is 378. The number of amides is 1. The maximum Gasteiger partial charge on any atom is 0.225 e. The van der Waals surface area contributed by atoms with Crippen molar-refractivity contribution in [2.24, 2.45) is 11.8 Å². The first-order valence-corrected chi connectivity index (χ1v) is 7.62. The zero-order valence-corrected chi connectivity index (χ0v) is 10.7. The van der Waals surface area contributed by atoms with E-state index >= 15 is 0 Å². The minimum atomic E-state index is -2.99. The Labute approximate surface area is 96.9 Å². The van der Waals surface area contributed by atoms with Crippen LogP contribution in [0.4, 0.5) is 0 Å². The molecule has 16 heavy (non-hydrogen) atoms. The second kappa shape index (κ2) is 4.02. The molecule has 0 radical (unpaired) electrons. The molecule has 92 valence electrons. The Morgan fingerprint density at radius 1 is 1.31 bits per heavy atom. The second-order valence-electron chi connectivity index (χ2n) is 5.36. The van der Waals surface area contributed by atoms with Crippen LogP contribution in [-0.4, -0.2) is 43.3 Å². The summed E-state index contributed by atoms with van der Waals surface area (Å²) in [6, 6.07) is 0. The van der Waals surface area contributed by atoms with Gasteiger partial charge < -0.3 is 4.90 Å². The number of sulfone groups is 1. The highest BCUT2D eigenvalue weighted by Crippen LogP contribution is 2.33. The van der Waals surface area contributed by atoms with Gasteiger partial charge in [0.1, 0.15) is 0 Å². The van der Waals surface area contributed by atoms with E-state index in [4.69, 9.17) is 0 Å². The molecule has 0 aromatic rings. The fraction of sp³-hybridized carbons (Fsp3) is 0.909. The lowest BCUT2D eigenvalue weighted by Gasteiger charge is -2.39.